The van der Waals surface area contributed by atoms with E-state index in [2.05, 4.69) is 62.0 Å². The Balaban J connectivity index is 1.26. The van der Waals surface area contributed by atoms with Gasteiger partial charge in [-0.2, -0.15) is 5.10 Å². The van der Waals surface area contributed by atoms with Crippen molar-refractivity contribution in [3.05, 3.63) is 48.8 Å². The quantitative estimate of drug-likeness (QED) is 0.376. The number of nitrogens with zero attached hydrogens (tertiary/aromatic N) is 5. The number of morpholine rings is 1. The van der Waals surface area contributed by atoms with Gasteiger partial charge < -0.3 is 10.5 Å². The second kappa shape index (κ2) is 8.55. The summed E-state index contributed by atoms with van der Waals surface area (Å²) in [5.41, 5.74) is 9.20. The number of nitrogens with two attached hydrogens (primary N) is 1. The first-order chi connectivity index (χ1) is 17.3. The van der Waals surface area contributed by atoms with Crippen LogP contribution >= 0.6 is 11.3 Å². The van der Waals surface area contributed by atoms with Crippen molar-refractivity contribution >= 4 is 48.4 Å². The molecule has 0 bridgehead atoms. The van der Waals surface area contributed by atoms with E-state index in [0.29, 0.717) is 17.9 Å². The topological polar surface area (TPSA) is 82.1 Å². The van der Waals surface area contributed by atoms with Gasteiger partial charge in [0.1, 0.15) is 17.8 Å². The minimum absolute atomic E-state index is 0.325. The smallest absolute Gasteiger partial charge is 0.164 e. The van der Waals surface area contributed by atoms with E-state index in [1.807, 2.05) is 11.3 Å². The number of hydrogen-bond donors (Lipinski definition) is 1. The van der Waals surface area contributed by atoms with Gasteiger partial charge in [-0.25, -0.2) is 14.6 Å². The summed E-state index contributed by atoms with van der Waals surface area (Å²) in [6, 6.07) is 16.2. The third-order valence-corrected chi connectivity index (χ3v) is 8.88. The molecule has 2 N–H and O–H groups in total. The van der Waals surface area contributed by atoms with Gasteiger partial charge in [-0.15, -0.1) is 11.3 Å². The highest BCUT2D eigenvalue weighted by molar-refractivity contribution is 7.25. The molecule has 7 rings (SSSR count). The number of ether oxygens (including phenoxy) is 1. The molecule has 0 radical (unpaired) electrons. The molecule has 0 unspecified atom stereocenters. The highest BCUT2D eigenvalue weighted by Gasteiger charge is 2.30. The molecule has 8 heteroatoms. The second-order valence-corrected chi connectivity index (χ2v) is 10.8. The lowest BCUT2D eigenvalue weighted by atomic mass is 9.90. The Morgan fingerprint density at radius 2 is 1.66 bits per heavy atom. The summed E-state index contributed by atoms with van der Waals surface area (Å²) in [5.74, 6) is 0.495. The fraction of sp³-hybridized carbons (Fsp3) is 0.370. The van der Waals surface area contributed by atoms with Gasteiger partial charge in [-0.3, -0.25) is 4.90 Å². The van der Waals surface area contributed by atoms with Crippen molar-refractivity contribution in [3.63, 3.8) is 0 Å². The standard InChI is InChI=1S/C27H28N6OS/c28-26-24-25(17-5-10-21-20-3-1-2-4-22(20)35-23(21)15-17)31-33(27(24)30-16-29-26)19-8-6-18(7-9-19)32-11-13-34-14-12-32/h1-5,10,15-16,18-19H,6-9,11-14H2,(H2,28,29,30)/t18-,19-. The number of anilines is 1. The van der Waals surface area contributed by atoms with Crippen LogP contribution in [0.4, 0.5) is 5.82 Å². The average molecular weight is 485 g/mol. The first-order valence-electron chi connectivity index (χ1n) is 12.5. The zero-order valence-electron chi connectivity index (χ0n) is 19.6. The van der Waals surface area contributed by atoms with E-state index in [1.165, 1.54) is 33.0 Å². The van der Waals surface area contributed by atoms with Crippen molar-refractivity contribution in [1.29, 1.82) is 0 Å². The molecular weight excluding hydrogens is 456 g/mol. The molecule has 1 aliphatic carbocycles. The zero-order valence-corrected chi connectivity index (χ0v) is 20.4. The maximum absolute atomic E-state index is 6.41. The summed E-state index contributed by atoms with van der Waals surface area (Å²) in [6.45, 7) is 3.81. The van der Waals surface area contributed by atoms with Crippen LogP contribution in [-0.2, 0) is 4.74 Å². The molecule has 3 aromatic heterocycles. The number of fused-ring (bicyclic) bond motifs is 4. The highest BCUT2D eigenvalue weighted by atomic mass is 32.1. The normalized spacial score (nSPS) is 21.8. The van der Waals surface area contributed by atoms with Gasteiger partial charge in [0.15, 0.2) is 5.65 Å². The Morgan fingerprint density at radius 1 is 0.886 bits per heavy atom. The van der Waals surface area contributed by atoms with E-state index in [1.54, 1.807) is 6.33 Å². The van der Waals surface area contributed by atoms with Crippen LogP contribution in [0.3, 0.4) is 0 Å². The maximum Gasteiger partial charge on any atom is 0.164 e. The highest BCUT2D eigenvalue weighted by Crippen LogP contribution is 2.40. The van der Waals surface area contributed by atoms with Gasteiger partial charge in [0, 0.05) is 44.9 Å². The number of nitrogen functional groups attached to an aromatic ring is 1. The SMILES string of the molecule is Nc1ncnc2c1c(-c1ccc3c(c1)sc1ccccc13)nn2[C@H]1CC[C@H](N2CCOCC2)CC1. The summed E-state index contributed by atoms with van der Waals surface area (Å²) in [7, 11) is 0. The van der Waals surface area contributed by atoms with Crippen LogP contribution in [0.2, 0.25) is 0 Å². The molecule has 4 heterocycles. The molecular formula is C27H28N6OS. The van der Waals surface area contributed by atoms with Gasteiger partial charge in [-0.05, 0) is 37.8 Å². The third-order valence-electron chi connectivity index (χ3n) is 7.74. The number of hydrogen-bond acceptors (Lipinski definition) is 7. The van der Waals surface area contributed by atoms with Crippen LogP contribution in [0.15, 0.2) is 48.8 Å². The third kappa shape index (κ3) is 3.59. The monoisotopic (exact) mass is 484 g/mol. The summed E-state index contributed by atoms with van der Waals surface area (Å²) in [4.78, 5) is 11.6. The van der Waals surface area contributed by atoms with Crippen LogP contribution in [0.25, 0.3) is 42.5 Å². The Labute approximate surface area is 207 Å². The number of rotatable bonds is 3. The molecule has 178 valence electrons. The molecule has 5 aromatic rings. The van der Waals surface area contributed by atoms with Crippen molar-refractivity contribution in [3.8, 4) is 11.3 Å². The van der Waals surface area contributed by atoms with Gasteiger partial charge in [0.05, 0.1) is 24.6 Å². The lowest BCUT2D eigenvalue weighted by Gasteiger charge is -2.38. The Kier molecular flexibility index (Phi) is 5.19. The molecule has 0 spiro atoms. The molecule has 1 aliphatic heterocycles. The van der Waals surface area contributed by atoms with Crippen molar-refractivity contribution in [2.75, 3.05) is 32.0 Å². The van der Waals surface area contributed by atoms with Crippen molar-refractivity contribution in [2.24, 2.45) is 0 Å². The van der Waals surface area contributed by atoms with Gasteiger partial charge >= 0.3 is 0 Å². The summed E-state index contributed by atoms with van der Waals surface area (Å²) >= 11 is 1.82. The van der Waals surface area contributed by atoms with Gasteiger partial charge in [0.2, 0.25) is 0 Å². The zero-order chi connectivity index (χ0) is 23.4. The molecule has 0 atom stereocenters. The Morgan fingerprint density at radius 3 is 2.51 bits per heavy atom. The van der Waals surface area contributed by atoms with E-state index in [9.17, 15) is 0 Å². The maximum atomic E-state index is 6.41. The van der Waals surface area contributed by atoms with E-state index >= 15 is 0 Å². The molecule has 2 aromatic carbocycles. The van der Waals surface area contributed by atoms with E-state index < -0.39 is 0 Å². The average Bonchev–Trinajstić information content (AvgIpc) is 3.48. The van der Waals surface area contributed by atoms with Crippen LogP contribution in [0, 0.1) is 0 Å². The van der Waals surface area contributed by atoms with Gasteiger partial charge in [-0.1, -0.05) is 30.3 Å². The predicted molar refractivity (Wildman–Crippen MR) is 142 cm³/mol. The minimum Gasteiger partial charge on any atom is -0.383 e. The summed E-state index contributed by atoms with van der Waals surface area (Å²) in [5, 5.41) is 8.59. The summed E-state index contributed by atoms with van der Waals surface area (Å²) in [6.07, 6.45) is 6.11. The molecule has 1 saturated heterocycles. The first kappa shape index (κ1) is 21.2. The van der Waals surface area contributed by atoms with Crippen LogP contribution < -0.4 is 5.73 Å². The molecule has 1 saturated carbocycles. The lowest BCUT2D eigenvalue weighted by molar-refractivity contribution is 0.00520. The van der Waals surface area contributed by atoms with Crippen LogP contribution in [-0.4, -0.2) is 57.0 Å². The van der Waals surface area contributed by atoms with E-state index in [-0.39, 0.29) is 0 Å². The summed E-state index contributed by atoms with van der Waals surface area (Å²) < 4.78 is 10.2. The molecule has 2 fully saturated rings. The first-order valence-corrected chi connectivity index (χ1v) is 13.3. The minimum atomic E-state index is 0.325. The molecule has 7 nitrogen and oxygen atoms in total. The number of aromatic nitrogens is 4. The fourth-order valence-electron chi connectivity index (χ4n) is 5.94. The van der Waals surface area contributed by atoms with Crippen LogP contribution in [0.1, 0.15) is 31.7 Å². The van der Waals surface area contributed by atoms with Crippen molar-refractivity contribution in [2.45, 2.75) is 37.8 Å². The Bertz CT molecular complexity index is 1530. The lowest BCUT2D eigenvalue weighted by Crippen LogP contribution is -2.45. The largest absolute Gasteiger partial charge is 0.383 e. The van der Waals surface area contributed by atoms with Crippen molar-refractivity contribution < 1.29 is 4.74 Å². The molecule has 0 amide bonds. The second-order valence-electron chi connectivity index (χ2n) is 9.67. The van der Waals surface area contributed by atoms with Crippen molar-refractivity contribution in [1.82, 2.24) is 24.6 Å². The van der Waals surface area contributed by atoms with E-state index in [0.717, 1.165) is 61.4 Å². The van der Waals surface area contributed by atoms with E-state index in [4.69, 9.17) is 15.6 Å². The Hall–Kier alpha value is -3.07. The predicted octanol–water partition coefficient (Wildman–Crippen LogP) is 5.26. The number of benzene rings is 2. The van der Waals surface area contributed by atoms with Gasteiger partial charge in [0.25, 0.3) is 0 Å². The molecule has 35 heavy (non-hydrogen) atoms. The molecule has 2 aliphatic rings. The number of thiophene rings is 1. The fourth-order valence-corrected chi connectivity index (χ4v) is 7.08. The van der Waals surface area contributed by atoms with Crippen LogP contribution in [0.5, 0.6) is 0 Å².